The molecule has 0 amide bonds. The predicted octanol–water partition coefficient (Wildman–Crippen LogP) is 3.00. The average molecular weight is 258 g/mol. The Morgan fingerprint density at radius 2 is 1.94 bits per heavy atom. The molecule has 0 atom stereocenters. The monoisotopic (exact) mass is 258 g/mol. The SMILES string of the molecule is CBc1cnc2c(ccn2[Si](C)(C)C(C)(C)C)c1. The van der Waals surface area contributed by atoms with Gasteiger partial charge >= 0.3 is 0 Å². The number of rotatable bonds is 2. The topological polar surface area (TPSA) is 17.8 Å². The second-order valence-electron chi connectivity index (χ2n) is 6.60. The Bertz CT molecular complexity index is 567. The van der Waals surface area contributed by atoms with Crippen LogP contribution in [0.2, 0.25) is 25.0 Å². The third-order valence-corrected chi connectivity index (χ3v) is 9.67. The van der Waals surface area contributed by atoms with Crippen LogP contribution in [0.1, 0.15) is 20.8 Å². The van der Waals surface area contributed by atoms with Gasteiger partial charge in [-0.2, -0.15) is 0 Å². The number of pyridine rings is 1. The minimum absolute atomic E-state index is 0.323. The van der Waals surface area contributed by atoms with Crippen molar-refractivity contribution in [3.63, 3.8) is 0 Å². The van der Waals surface area contributed by atoms with Crippen molar-refractivity contribution in [2.75, 3.05) is 0 Å². The van der Waals surface area contributed by atoms with Gasteiger partial charge in [-0.1, -0.05) is 52.2 Å². The fourth-order valence-electron chi connectivity index (χ4n) is 2.08. The Morgan fingerprint density at radius 1 is 1.28 bits per heavy atom. The molecule has 0 saturated carbocycles. The smallest absolute Gasteiger partial charge is 0.163 e. The molecule has 0 aromatic carbocycles. The molecule has 0 N–H and O–H groups in total. The van der Waals surface area contributed by atoms with Crippen molar-refractivity contribution in [2.24, 2.45) is 0 Å². The highest BCUT2D eigenvalue weighted by molar-refractivity contribution is 6.79. The Morgan fingerprint density at radius 3 is 2.50 bits per heavy atom. The summed E-state index contributed by atoms with van der Waals surface area (Å²) in [4.78, 5) is 4.69. The standard InChI is InChI=1S/C14H23BN2Si/c1-14(2,3)18(5,6)17-8-7-11-9-12(15-4)10-16-13(11)17/h7-10,15H,1-6H3. The van der Waals surface area contributed by atoms with E-state index in [1.165, 1.54) is 10.8 Å². The predicted molar refractivity (Wildman–Crippen MR) is 85.0 cm³/mol. The Hall–Kier alpha value is -1.03. The molecule has 0 bridgehead atoms. The van der Waals surface area contributed by atoms with E-state index in [-0.39, 0.29) is 0 Å². The van der Waals surface area contributed by atoms with Gasteiger partial charge in [-0.25, -0.2) is 4.98 Å². The first-order chi connectivity index (χ1) is 8.27. The average Bonchev–Trinajstić information content (AvgIpc) is 2.70. The van der Waals surface area contributed by atoms with Crippen LogP contribution < -0.4 is 5.46 Å². The van der Waals surface area contributed by atoms with Crippen molar-refractivity contribution >= 4 is 32.0 Å². The first-order valence-corrected chi connectivity index (χ1v) is 9.68. The molecule has 18 heavy (non-hydrogen) atoms. The second kappa shape index (κ2) is 4.27. The van der Waals surface area contributed by atoms with Crippen LogP contribution in [0.15, 0.2) is 24.5 Å². The molecule has 2 nitrogen and oxygen atoms in total. The van der Waals surface area contributed by atoms with E-state index in [2.05, 4.69) is 68.2 Å². The van der Waals surface area contributed by atoms with E-state index >= 15 is 0 Å². The van der Waals surface area contributed by atoms with Crippen molar-refractivity contribution in [2.45, 2.75) is 45.7 Å². The summed E-state index contributed by atoms with van der Waals surface area (Å²) in [6.07, 6.45) is 4.25. The number of fused-ring (bicyclic) bond motifs is 1. The summed E-state index contributed by atoms with van der Waals surface area (Å²) in [7, 11) is -0.517. The lowest BCUT2D eigenvalue weighted by Gasteiger charge is -2.38. The van der Waals surface area contributed by atoms with Gasteiger partial charge in [-0.15, -0.1) is 0 Å². The zero-order valence-electron chi connectivity index (χ0n) is 12.4. The molecule has 2 aromatic heterocycles. The maximum absolute atomic E-state index is 4.69. The summed E-state index contributed by atoms with van der Waals surface area (Å²) in [5.41, 5.74) is 2.47. The van der Waals surface area contributed by atoms with E-state index in [1.807, 2.05) is 6.20 Å². The molecular weight excluding hydrogens is 235 g/mol. The van der Waals surface area contributed by atoms with E-state index in [0.717, 1.165) is 12.9 Å². The maximum Gasteiger partial charge on any atom is 0.163 e. The quantitative estimate of drug-likeness (QED) is 0.757. The molecule has 0 fully saturated rings. The Labute approximate surface area is 112 Å². The normalized spacial score (nSPS) is 13.0. The lowest BCUT2D eigenvalue weighted by Crippen LogP contribution is -2.45. The minimum atomic E-state index is -1.57. The van der Waals surface area contributed by atoms with E-state index in [9.17, 15) is 0 Å². The van der Waals surface area contributed by atoms with Gasteiger partial charge in [0.15, 0.2) is 15.5 Å². The first kappa shape index (κ1) is 13.4. The highest BCUT2D eigenvalue weighted by Crippen LogP contribution is 2.38. The Kier molecular flexibility index (Phi) is 3.18. The number of hydrogen-bond acceptors (Lipinski definition) is 1. The van der Waals surface area contributed by atoms with E-state index < -0.39 is 8.24 Å². The lowest BCUT2D eigenvalue weighted by molar-refractivity contribution is 0.702. The fourth-order valence-corrected chi connectivity index (χ4v) is 3.96. The van der Waals surface area contributed by atoms with Crippen molar-refractivity contribution in [1.29, 1.82) is 0 Å². The zero-order valence-corrected chi connectivity index (χ0v) is 13.4. The molecule has 4 heteroatoms. The molecular formula is C14H23BN2Si. The summed E-state index contributed by atoms with van der Waals surface area (Å²) in [5, 5.41) is 1.60. The number of hydrogen-bond donors (Lipinski definition) is 0. The van der Waals surface area contributed by atoms with Crippen LogP contribution in [0, 0.1) is 0 Å². The number of aromatic nitrogens is 2. The first-order valence-electron chi connectivity index (χ1n) is 6.74. The van der Waals surface area contributed by atoms with Gasteiger partial charge in [0.25, 0.3) is 0 Å². The summed E-state index contributed by atoms with van der Waals surface area (Å²) in [6.45, 7) is 14.0. The number of nitrogens with zero attached hydrogens (tertiary/aromatic N) is 2. The maximum atomic E-state index is 4.69. The summed E-state index contributed by atoms with van der Waals surface area (Å²) in [5.74, 6) is 0. The zero-order chi connectivity index (χ0) is 13.6. The van der Waals surface area contributed by atoms with Crippen LogP contribution >= 0.6 is 0 Å². The van der Waals surface area contributed by atoms with Crippen LogP contribution in [0.4, 0.5) is 0 Å². The van der Waals surface area contributed by atoms with Crippen molar-refractivity contribution in [1.82, 2.24) is 9.22 Å². The molecule has 2 rings (SSSR count). The summed E-state index contributed by atoms with van der Waals surface area (Å²) < 4.78 is 2.45. The fraction of sp³-hybridized carbons (Fsp3) is 0.500. The van der Waals surface area contributed by atoms with Crippen LogP contribution in [0.25, 0.3) is 11.0 Å². The van der Waals surface area contributed by atoms with Gasteiger partial charge in [0.1, 0.15) is 5.65 Å². The van der Waals surface area contributed by atoms with Gasteiger partial charge in [0.05, 0.1) is 0 Å². The molecule has 2 aromatic rings. The van der Waals surface area contributed by atoms with Crippen LogP contribution in [-0.2, 0) is 0 Å². The molecule has 2 heterocycles. The highest BCUT2D eigenvalue weighted by atomic mass is 28.3. The molecule has 0 aliphatic heterocycles. The third kappa shape index (κ3) is 2.03. The second-order valence-corrected chi connectivity index (χ2v) is 11.7. The van der Waals surface area contributed by atoms with Crippen LogP contribution in [-0.4, -0.2) is 24.7 Å². The van der Waals surface area contributed by atoms with Gasteiger partial charge in [0, 0.05) is 11.6 Å². The van der Waals surface area contributed by atoms with Crippen LogP contribution in [0.5, 0.6) is 0 Å². The molecule has 0 radical (unpaired) electrons. The lowest BCUT2D eigenvalue weighted by atomic mass is 9.74. The van der Waals surface area contributed by atoms with Gasteiger partial charge in [-0.3, -0.25) is 0 Å². The largest absolute Gasteiger partial charge is 0.359 e. The van der Waals surface area contributed by atoms with E-state index in [4.69, 9.17) is 0 Å². The van der Waals surface area contributed by atoms with Crippen LogP contribution in [0.3, 0.4) is 0 Å². The third-order valence-electron chi connectivity index (χ3n) is 4.43. The van der Waals surface area contributed by atoms with Gasteiger partial charge in [-0.05, 0) is 17.3 Å². The minimum Gasteiger partial charge on any atom is -0.359 e. The van der Waals surface area contributed by atoms with Crippen molar-refractivity contribution in [3.05, 3.63) is 24.5 Å². The molecule has 0 saturated heterocycles. The van der Waals surface area contributed by atoms with Crippen molar-refractivity contribution < 1.29 is 0 Å². The molecule has 0 unspecified atom stereocenters. The molecule has 0 spiro atoms. The molecule has 0 aliphatic carbocycles. The molecule has 0 aliphatic rings. The summed E-state index contributed by atoms with van der Waals surface area (Å²) in [6, 6.07) is 4.48. The van der Waals surface area contributed by atoms with E-state index in [1.54, 1.807) is 0 Å². The highest BCUT2D eigenvalue weighted by Gasteiger charge is 2.38. The van der Waals surface area contributed by atoms with Crippen molar-refractivity contribution in [3.8, 4) is 0 Å². The van der Waals surface area contributed by atoms with Gasteiger partial charge in [0.2, 0.25) is 0 Å². The van der Waals surface area contributed by atoms with E-state index in [0.29, 0.717) is 5.04 Å². The van der Waals surface area contributed by atoms with Gasteiger partial charge < -0.3 is 4.23 Å². The Balaban J connectivity index is 2.60. The molecule has 96 valence electrons. The summed E-state index contributed by atoms with van der Waals surface area (Å²) >= 11 is 0.